The number of benzene rings is 2. The van der Waals surface area contributed by atoms with Crippen molar-refractivity contribution in [2.45, 2.75) is 26.7 Å². The Morgan fingerprint density at radius 3 is 2.52 bits per heavy atom. The molecule has 0 saturated carbocycles. The molecule has 1 aliphatic heterocycles. The molecule has 3 rings (SSSR count). The monoisotopic (exact) mass is 365 g/mol. The van der Waals surface area contributed by atoms with Crippen molar-refractivity contribution in [3.8, 4) is 0 Å². The van der Waals surface area contributed by atoms with Crippen LogP contribution < -0.4 is 10.6 Å². The maximum Gasteiger partial charge on any atom is 0.254 e. The third-order valence-electron chi connectivity index (χ3n) is 4.72. The fraction of sp³-hybridized carbons (Fsp3) is 0.286. The number of carbonyl (C=O) groups is 3. The molecule has 2 aromatic rings. The summed E-state index contributed by atoms with van der Waals surface area (Å²) in [6, 6.07) is 11.0. The third-order valence-corrected chi connectivity index (χ3v) is 4.72. The second-order valence-corrected chi connectivity index (χ2v) is 6.90. The van der Waals surface area contributed by atoms with Gasteiger partial charge in [0.15, 0.2) is 0 Å². The largest absolute Gasteiger partial charge is 0.332 e. The van der Waals surface area contributed by atoms with Crippen molar-refractivity contribution in [2.24, 2.45) is 0 Å². The number of carbonyl (C=O) groups excluding carboxylic acids is 3. The molecule has 3 amide bonds. The third kappa shape index (κ3) is 4.16. The summed E-state index contributed by atoms with van der Waals surface area (Å²) in [6.07, 6.45) is 1.03. The van der Waals surface area contributed by atoms with Gasteiger partial charge in [0, 0.05) is 30.4 Å². The molecular formula is C21H23N3O3. The molecule has 0 aliphatic carbocycles. The predicted octanol–water partition coefficient (Wildman–Crippen LogP) is 2.90. The number of para-hydroxylation sites is 1. The fourth-order valence-electron chi connectivity index (χ4n) is 3.21. The van der Waals surface area contributed by atoms with Gasteiger partial charge in [0.05, 0.1) is 6.54 Å². The van der Waals surface area contributed by atoms with Crippen LogP contribution in [0.3, 0.4) is 0 Å². The Labute approximate surface area is 158 Å². The molecule has 0 atom stereocenters. The summed E-state index contributed by atoms with van der Waals surface area (Å²) in [4.78, 5) is 37.9. The first kappa shape index (κ1) is 18.6. The van der Waals surface area contributed by atoms with Crippen molar-refractivity contribution in [1.82, 2.24) is 4.90 Å². The summed E-state index contributed by atoms with van der Waals surface area (Å²) >= 11 is 0. The molecule has 0 saturated heterocycles. The van der Waals surface area contributed by atoms with Crippen molar-refractivity contribution < 1.29 is 14.4 Å². The Morgan fingerprint density at radius 2 is 1.81 bits per heavy atom. The van der Waals surface area contributed by atoms with Gasteiger partial charge >= 0.3 is 0 Å². The molecule has 6 heteroatoms. The van der Waals surface area contributed by atoms with E-state index in [-0.39, 0.29) is 24.3 Å². The summed E-state index contributed by atoms with van der Waals surface area (Å²) < 4.78 is 0. The Kier molecular flexibility index (Phi) is 5.26. The Balaban J connectivity index is 1.67. The second kappa shape index (κ2) is 7.61. The molecule has 2 N–H and O–H groups in total. The lowest BCUT2D eigenvalue weighted by Crippen LogP contribution is -2.35. The normalized spacial score (nSPS) is 12.8. The van der Waals surface area contributed by atoms with Gasteiger partial charge < -0.3 is 15.5 Å². The molecule has 6 nitrogen and oxygen atoms in total. The average Bonchev–Trinajstić information content (AvgIpc) is 2.63. The molecule has 0 aromatic heterocycles. The van der Waals surface area contributed by atoms with Crippen LogP contribution in [0.25, 0.3) is 0 Å². The maximum atomic E-state index is 12.7. The molecule has 0 spiro atoms. The van der Waals surface area contributed by atoms with E-state index in [0.29, 0.717) is 18.4 Å². The molecular weight excluding hydrogens is 342 g/mol. The van der Waals surface area contributed by atoms with Crippen molar-refractivity contribution in [1.29, 1.82) is 0 Å². The summed E-state index contributed by atoms with van der Waals surface area (Å²) in [6.45, 7) is 3.83. The van der Waals surface area contributed by atoms with Crippen molar-refractivity contribution >= 4 is 29.1 Å². The number of rotatable bonds is 4. The van der Waals surface area contributed by atoms with Gasteiger partial charge in [0.2, 0.25) is 11.8 Å². The minimum atomic E-state index is -0.242. The van der Waals surface area contributed by atoms with E-state index in [9.17, 15) is 14.4 Å². The summed E-state index contributed by atoms with van der Waals surface area (Å²) in [5, 5.41) is 5.69. The van der Waals surface area contributed by atoms with Gasteiger partial charge in [-0.2, -0.15) is 0 Å². The van der Waals surface area contributed by atoms with Gasteiger partial charge in [-0.15, -0.1) is 0 Å². The van der Waals surface area contributed by atoms with Crippen LogP contribution in [-0.2, 0) is 16.0 Å². The van der Waals surface area contributed by atoms with Crippen LogP contribution in [0.4, 0.5) is 11.4 Å². The average molecular weight is 365 g/mol. The number of fused-ring (bicyclic) bond motifs is 1. The summed E-state index contributed by atoms with van der Waals surface area (Å²) in [5.74, 6) is -0.485. The molecule has 0 bridgehead atoms. The van der Waals surface area contributed by atoms with Gasteiger partial charge in [-0.1, -0.05) is 18.2 Å². The highest BCUT2D eigenvalue weighted by Crippen LogP contribution is 2.24. The van der Waals surface area contributed by atoms with E-state index < -0.39 is 0 Å². The van der Waals surface area contributed by atoms with E-state index in [1.165, 1.54) is 4.90 Å². The first-order valence-corrected chi connectivity index (χ1v) is 8.89. The van der Waals surface area contributed by atoms with Gasteiger partial charge in [-0.3, -0.25) is 14.4 Å². The number of hydrogen-bond donors (Lipinski definition) is 2. The molecule has 27 heavy (non-hydrogen) atoms. The zero-order valence-electron chi connectivity index (χ0n) is 15.8. The minimum absolute atomic E-state index is 0.0122. The standard InChI is InChI=1S/C21H23N3O3/c1-13-5-4-6-14(2)20(13)23-19(26)12-24(3)21(27)16-7-9-17-15(11-16)8-10-18(25)22-17/h4-7,9,11H,8,10,12H2,1-3H3,(H,22,25)(H,23,26). The molecule has 1 heterocycles. The molecule has 140 valence electrons. The van der Waals surface area contributed by atoms with E-state index in [4.69, 9.17) is 0 Å². The zero-order valence-corrected chi connectivity index (χ0v) is 15.8. The summed E-state index contributed by atoms with van der Waals surface area (Å²) in [5.41, 5.74) is 4.94. The van der Waals surface area contributed by atoms with Crippen molar-refractivity contribution in [2.75, 3.05) is 24.2 Å². The van der Waals surface area contributed by atoms with Crippen LogP contribution in [-0.4, -0.2) is 36.2 Å². The lowest BCUT2D eigenvalue weighted by Gasteiger charge is -2.20. The first-order valence-electron chi connectivity index (χ1n) is 8.89. The Morgan fingerprint density at radius 1 is 1.11 bits per heavy atom. The predicted molar refractivity (Wildman–Crippen MR) is 105 cm³/mol. The van der Waals surface area contributed by atoms with E-state index in [1.807, 2.05) is 32.0 Å². The quantitative estimate of drug-likeness (QED) is 0.874. The number of hydrogen-bond acceptors (Lipinski definition) is 3. The number of amides is 3. The Bertz CT molecular complexity index is 901. The van der Waals surface area contributed by atoms with Crippen LogP contribution in [0, 0.1) is 13.8 Å². The van der Waals surface area contributed by atoms with Gasteiger partial charge in [-0.25, -0.2) is 0 Å². The number of aryl methyl sites for hydroxylation is 3. The zero-order chi connectivity index (χ0) is 19.6. The van der Waals surface area contributed by atoms with E-state index in [1.54, 1.807) is 25.2 Å². The van der Waals surface area contributed by atoms with E-state index in [2.05, 4.69) is 10.6 Å². The van der Waals surface area contributed by atoms with Gasteiger partial charge in [-0.05, 0) is 55.2 Å². The van der Waals surface area contributed by atoms with Crippen molar-refractivity contribution in [3.05, 3.63) is 58.7 Å². The fourth-order valence-corrected chi connectivity index (χ4v) is 3.21. The molecule has 0 unspecified atom stereocenters. The lowest BCUT2D eigenvalue weighted by molar-refractivity contribution is -0.117. The minimum Gasteiger partial charge on any atom is -0.332 e. The highest BCUT2D eigenvalue weighted by Gasteiger charge is 2.20. The number of anilines is 2. The highest BCUT2D eigenvalue weighted by molar-refractivity contribution is 6.01. The lowest BCUT2D eigenvalue weighted by atomic mass is 10.00. The van der Waals surface area contributed by atoms with Gasteiger partial charge in [0.25, 0.3) is 5.91 Å². The topological polar surface area (TPSA) is 78.5 Å². The Hall–Kier alpha value is -3.15. The SMILES string of the molecule is Cc1cccc(C)c1NC(=O)CN(C)C(=O)c1ccc2c(c1)CCC(=O)N2. The maximum absolute atomic E-state index is 12.7. The summed E-state index contributed by atoms with van der Waals surface area (Å²) in [7, 11) is 1.61. The van der Waals surface area contributed by atoms with Crippen LogP contribution in [0.2, 0.25) is 0 Å². The van der Waals surface area contributed by atoms with Crippen LogP contribution >= 0.6 is 0 Å². The van der Waals surface area contributed by atoms with Crippen LogP contribution in [0.15, 0.2) is 36.4 Å². The smallest absolute Gasteiger partial charge is 0.254 e. The highest BCUT2D eigenvalue weighted by atomic mass is 16.2. The van der Waals surface area contributed by atoms with Crippen LogP contribution in [0.5, 0.6) is 0 Å². The first-order chi connectivity index (χ1) is 12.8. The number of nitrogens with zero attached hydrogens (tertiary/aromatic N) is 1. The van der Waals surface area contributed by atoms with E-state index >= 15 is 0 Å². The molecule has 0 radical (unpaired) electrons. The van der Waals surface area contributed by atoms with Gasteiger partial charge in [0.1, 0.15) is 0 Å². The van der Waals surface area contributed by atoms with Crippen molar-refractivity contribution in [3.63, 3.8) is 0 Å². The number of likely N-dealkylation sites (N-methyl/N-ethyl adjacent to an activating group) is 1. The molecule has 2 aromatic carbocycles. The number of nitrogens with one attached hydrogen (secondary N) is 2. The molecule has 1 aliphatic rings. The molecule has 0 fully saturated rings. The van der Waals surface area contributed by atoms with Crippen LogP contribution in [0.1, 0.15) is 33.5 Å². The van der Waals surface area contributed by atoms with E-state index in [0.717, 1.165) is 28.1 Å². The second-order valence-electron chi connectivity index (χ2n) is 6.90.